The number of hydrogen-bond acceptors (Lipinski definition) is 5. The zero-order chi connectivity index (χ0) is 16.4. The summed E-state index contributed by atoms with van der Waals surface area (Å²) in [6.45, 7) is 0. The van der Waals surface area contributed by atoms with E-state index in [1.54, 1.807) is 42.5 Å². The van der Waals surface area contributed by atoms with Gasteiger partial charge in [-0.3, -0.25) is 4.72 Å². The topological polar surface area (TPSA) is 85.6 Å². The Hall–Kier alpha value is -2.80. The van der Waals surface area contributed by atoms with Crippen LogP contribution in [0, 0.1) is 0 Å². The minimum atomic E-state index is -3.86. The number of furan rings is 1. The molecule has 0 saturated heterocycles. The van der Waals surface area contributed by atoms with Crippen LogP contribution < -0.4 is 4.72 Å². The minimum absolute atomic E-state index is 0.0660. The van der Waals surface area contributed by atoms with Crippen molar-refractivity contribution in [2.45, 2.75) is 4.90 Å². The van der Waals surface area contributed by atoms with E-state index in [0.29, 0.717) is 11.0 Å². The van der Waals surface area contributed by atoms with Crippen LogP contribution >= 0.6 is 0 Å². The summed E-state index contributed by atoms with van der Waals surface area (Å²) in [7, 11) is -2.66. The van der Waals surface area contributed by atoms with Gasteiger partial charge in [0.2, 0.25) is 5.76 Å². The second-order valence-corrected chi connectivity index (χ2v) is 6.39. The second kappa shape index (κ2) is 5.77. The number of methoxy groups -OCH3 is 1. The van der Waals surface area contributed by atoms with Crippen LogP contribution in [0.2, 0.25) is 0 Å². The van der Waals surface area contributed by atoms with Crippen LogP contribution in [0.5, 0.6) is 0 Å². The van der Waals surface area contributed by atoms with E-state index in [4.69, 9.17) is 4.42 Å². The Labute approximate surface area is 132 Å². The molecule has 0 aliphatic carbocycles. The lowest BCUT2D eigenvalue weighted by Gasteiger charge is -2.08. The number of sulfonamides is 1. The summed E-state index contributed by atoms with van der Waals surface area (Å²) < 4.78 is 37.5. The molecular formula is C16H13NO5S. The average Bonchev–Trinajstić information content (AvgIpc) is 2.93. The van der Waals surface area contributed by atoms with E-state index in [2.05, 4.69) is 9.46 Å². The number of rotatable bonds is 4. The van der Waals surface area contributed by atoms with Crippen LogP contribution in [0.15, 0.2) is 63.9 Å². The van der Waals surface area contributed by atoms with Crippen molar-refractivity contribution in [3.63, 3.8) is 0 Å². The Morgan fingerprint density at radius 3 is 2.39 bits per heavy atom. The first-order valence-corrected chi connectivity index (χ1v) is 8.19. The number of carbonyl (C=O) groups is 1. The Morgan fingerprint density at radius 1 is 1.04 bits per heavy atom. The van der Waals surface area contributed by atoms with Crippen LogP contribution in [0.3, 0.4) is 0 Å². The van der Waals surface area contributed by atoms with Crippen LogP contribution in [0.25, 0.3) is 11.0 Å². The van der Waals surface area contributed by atoms with Gasteiger partial charge in [0, 0.05) is 5.39 Å². The standard InChI is InChI=1S/C16H13NO5S/c1-21-16(18)15-14(12-9-5-6-10-13(12)22-15)17-23(19,20)11-7-3-2-4-8-11/h2-10,17H,1H3. The minimum Gasteiger partial charge on any atom is -0.463 e. The maximum Gasteiger partial charge on any atom is 0.376 e. The molecule has 23 heavy (non-hydrogen) atoms. The van der Waals surface area contributed by atoms with Crippen LogP contribution in [0.4, 0.5) is 5.69 Å². The van der Waals surface area contributed by atoms with Crippen LogP contribution in [-0.2, 0) is 14.8 Å². The SMILES string of the molecule is COC(=O)c1oc2ccccc2c1NS(=O)(=O)c1ccccc1. The molecule has 2 aromatic carbocycles. The largest absolute Gasteiger partial charge is 0.463 e. The molecule has 1 aromatic heterocycles. The lowest BCUT2D eigenvalue weighted by atomic mass is 10.2. The van der Waals surface area contributed by atoms with Gasteiger partial charge in [-0.05, 0) is 24.3 Å². The number of esters is 1. The Balaban J connectivity index is 2.14. The number of nitrogens with one attached hydrogen (secondary N) is 1. The summed E-state index contributed by atoms with van der Waals surface area (Å²) >= 11 is 0. The zero-order valence-electron chi connectivity index (χ0n) is 12.1. The van der Waals surface area contributed by atoms with Gasteiger partial charge >= 0.3 is 5.97 Å². The molecule has 0 fully saturated rings. The summed E-state index contributed by atoms with van der Waals surface area (Å²) in [5, 5.41) is 0.479. The van der Waals surface area contributed by atoms with Gasteiger partial charge in [-0.2, -0.15) is 0 Å². The Morgan fingerprint density at radius 2 is 1.70 bits per heavy atom. The van der Waals surface area contributed by atoms with Gasteiger partial charge < -0.3 is 9.15 Å². The predicted octanol–water partition coefficient (Wildman–Crippen LogP) is 3.02. The van der Waals surface area contributed by atoms with Gasteiger partial charge in [-0.1, -0.05) is 30.3 Å². The van der Waals surface area contributed by atoms with E-state index in [-0.39, 0.29) is 16.3 Å². The zero-order valence-corrected chi connectivity index (χ0v) is 13.0. The number of benzene rings is 2. The monoisotopic (exact) mass is 331 g/mol. The number of hydrogen-bond donors (Lipinski definition) is 1. The Bertz CT molecular complexity index is 961. The van der Waals surface area contributed by atoms with Gasteiger partial charge in [0.05, 0.1) is 12.0 Å². The molecule has 7 heteroatoms. The van der Waals surface area contributed by atoms with Gasteiger partial charge in [0.15, 0.2) is 0 Å². The fraction of sp³-hybridized carbons (Fsp3) is 0.0625. The van der Waals surface area contributed by atoms with Gasteiger partial charge in [-0.15, -0.1) is 0 Å². The van der Waals surface area contributed by atoms with Crippen LogP contribution in [0.1, 0.15) is 10.6 Å². The van der Waals surface area contributed by atoms with E-state index < -0.39 is 16.0 Å². The average molecular weight is 331 g/mol. The lowest BCUT2D eigenvalue weighted by Crippen LogP contribution is -2.15. The molecule has 0 bridgehead atoms. The smallest absolute Gasteiger partial charge is 0.376 e. The molecule has 0 aliphatic heterocycles. The molecule has 3 aromatic rings. The van der Waals surface area contributed by atoms with E-state index >= 15 is 0 Å². The van der Waals surface area contributed by atoms with Gasteiger partial charge in [0.25, 0.3) is 10.0 Å². The molecule has 0 amide bonds. The van der Waals surface area contributed by atoms with E-state index in [1.165, 1.54) is 19.2 Å². The van der Waals surface area contributed by atoms with Gasteiger partial charge in [0.1, 0.15) is 11.3 Å². The number of anilines is 1. The molecule has 0 atom stereocenters. The molecule has 1 heterocycles. The van der Waals surface area contributed by atoms with Crippen molar-refractivity contribution in [1.82, 2.24) is 0 Å². The molecule has 1 N–H and O–H groups in total. The third kappa shape index (κ3) is 2.78. The highest BCUT2D eigenvalue weighted by Gasteiger charge is 2.25. The molecular weight excluding hydrogens is 318 g/mol. The normalized spacial score (nSPS) is 11.3. The number of ether oxygens (including phenoxy) is 1. The molecule has 0 spiro atoms. The first kappa shape index (κ1) is 15.1. The molecule has 0 saturated carbocycles. The fourth-order valence-electron chi connectivity index (χ4n) is 2.18. The van der Waals surface area contributed by atoms with E-state index in [9.17, 15) is 13.2 Å². The van der Waals surface area contributed by atoms with E-state index in [1.807, 2.05) is 0 Å². The first-order valence-electron chi connectivity index (χ1n) is 6.70. The number of carbonyl (C=O) groups excluding carboxylic acids is 1. The summed E-state index contributed by atoms with van der Waals surface area (Å²) in [6.07, 6.45) is 0. The third-order valence-corrected chi connectivity index (χ3v) is 4.62. The summed E-state index contributed by atoms with van der Waals surface area (Å²) in [5.41, 5.74) is 0.454. The van der Waals surface area contributed by atoms with Crippen molar-refractivity contribution in [2.75, 3.05) is 11.8 Å². The van der Waals surface area contributed by atoms with Crippen molar-refractivity contribution < 1.29 is 22.4 Å². The molecule has 6 nitrogen and oxygen atoms in total. The Kier molecular flexibility index (Phi) is 3.79. The summed E-state index contributed by atoms with van der Waals surface area (Å²) in [4.78, 5) is 12.0. The molecule has 0 aliphatic rings. The number of fused-ring (bicyclic) bond motifs is 1. The van der Waals surface area contributed by atoms with Crippen molar-refractivity contribution in [2.24, 2.45) is 0 Å². The molecule has 3 rings (SSSR count). The summed E-state index contributed by atoms with van der Waals surface area (Å²) in [5.74, 6) is -0.944. The first-order chi connectivity index (χ1) is 11.0. The van der Waals surface area contributed by atoms with Crippen LogP contribution in [-0.4, -0.2) is 21.5 Å². The van der Waals surface area contributed by atoms with Crippen molar-refractivity contribution >= 4 is 32.6 Å². The lowest BCUT2D eigenvalue weighted by molar-refractivity contribution is 0.0569. The molecule has 118 valence electrons. The quantitative estimate of drug-likeness (QED) is 0.743. The maximum absolute atomic E-state index is 12.5. The van der Waals surface area contributed by atoms with Gasteiger partial charge in [-0.25, -0.2) is 13.2 Å². The fourth-order valence-corrected chi connectivity index (χ4v) is 3.28. The third-order valence-electron chi connectivity index (χ3n) is 3.26. The van der Waals surface area contributed by atoms with E-state index in [0.717, 1.165) is 0 Å². The van der Waals surface area contributed by atoms with Crippen molar-refractivity contribution in [1.29, 1.82) is 0 Å². The number of para-hydroxylation sites is 1. The van der Waals surface area contributed by atoms with Crippen molar-refractivity contribution in [3.05, 3.63) is 60.4 Å². The highest BCUT2D eigenvalue weighted by Crippen LogP contribution is 2.33. The highest BCUT2D eigenvalue weighted by molar-refractivity contribution is 7.92. The second-order valence-electron chi connectivity index (χ2n) is 4.71. The maximum atomic E-state index is 12.5. The predicted molar refractivity (Wildman–Crippen MR) is 84.8 cm³/mol. The molecule has 0 unspecified atom stereocenters. The summed E-state index contributed by atoms with van der Waals surface area (Å²) in [6, 6.07) is 14.6. The highest BCUT2D eigenvalue weighted by atomic mass is 32.2. The van der Waals surface area contributed by atoms with Crippen molar-refractivity contribution in [3.8, 4) is 0 Å². The molecule has 0 radical (unpaired) electrons.